The third-order valence-electron chi connectivity index (χ3n) is 2.85. The zero-order valence-electron chi connectivity index (χ0n) is 10.6. The normalized spacial score (nSPS) is 12.1. The fraction of sp³-hybridized carbons (Fsp3) is 0.286. The van der Waals surface area contributed by atoms with E-state index in [0.29, 0.717) is 19.4 Å². The highest BCUT2D eigenvalue weighted by atomic mass is 32.1. The average Bonchev–Trinajstić information content (AvgIpc) is 2.96. The van der Waals surface area contributed by atoms with Crippen LogP contribution in [0.2, 0.25) is 0 Å². The molecule has 0 fully saturated rings. The molecule has 5 heteroatoms. The van der Waals surface area contributed by atoms with E-state index < -0.39 is 0 Å². The number of nitrogens with two attached hydrogens (primary N) is 1. The van der Waals surface area contributed by atoms with Gasteiger partial charge in [0.1, 0.15) is 0 Å². The Morgan fingerprint density at radius 2 is 2.16 bits per heavy atom. The minimum atomic E-state index is -0.0876. The van der Waals surface area contributed by atoms with Crippen molar-refractivity contribution in [1.29, 1.82) is 0 Å². The first-order valence-electron chi connectivity index (χ1n) is 6.20. The van der Waals surface area contributed by atoms with Crippen LogP contribution in [0.3, 0.4) is 0 Å². The summed E-state index contributed by atoms with van der Waals surface area (Å²) in [5.74, 6) is 0.0276. The van der Waals surface area contributed by atoms with Crippen molar-refractivity contribution in [1.82, 2.24) is 10.3 Å². The highest BCUT2D eigenvalue weighted by molar-refractivity contribution is 7.09. The Kier molecular flexibility index (Phi) is 5.06. The summed E-state index contributed by atoms with van der Waals surface area (Å²) >= 11 is 1.54. The number of nitrogens with one attached hydrogen (secondary N) is 1. The van der Waals surface area contributed by atoms with Gasteiger partial charge in [-0.25, -0.2) is 0 Å². The molecule has 0 spiro atoms. The van der Waals surface area contributed by atoms with Gasteiger partial charge >= 0.3 is 0 Å². The summed E-state index contributed by atoms with van der Waals surface area (Å²) in [6, 6.07) is 9.76. The van der Waals surface area contributed by atoms with Crippen LogP contribution in [0.25, 0.3) is 0 Å². The number of carbonyl (C=O) groups excluding carboxylic acids is 1. The monoisotopic (exact) mass is 275 g/mol. The predicted octanol–water partition coefficient (Wildman–Crippen LogP) is 2.24. The fourth-order valence-electron chi connectivity index (χ4n) is 1.76. The van der Waals surface area contributed by atoms with Crippen molar-refractivity contribution in [2.45, 2.75) is 25.4 Å². The molecule has 2 aromatic rings. The van der Waals surface area contributed by atoms with Crippen molar-refractivity contribution in [3.8, 4) is 0 Å². The van der Waals surface area contributed by atoms with Crippen molar-refractivity contribution in [3.63, 3.8) is 0 Å². The second kappa shape index (κ2) is 7.01. The Morgan fingerprint density at radius 1 is 1.37 bits per heavy atom. The molecule has 19 heavy (non-hydrogen) atoms. The van der Waals surface area contributed by atoms with Gasteiger partial charge in [-0.2, -0.15) is 0 Å². The van der Waals surface area contributed by atoms with Crippen LogP contribution in [-0.4, -0.2) is 10.9 Å². The fourth-order valence-corrected chi connectivity index (χ4v) is 2.29. The molecule has 0 saturated carbocycles. The van der Waals surface area contributed by atoms with E-state index in [4.69, 9.17) is 5.73 Å². The van der Waals surface area contributed by atoms with Crippen molar-refractivity contribution in [2.75, 3.05) is 0 Å². The Hall–Kier alpha value is -1.72. The molecular formula is C14H17N3OS. The Balaban J connectivity index is 1.71. The summed E-state index contributed by atoms with van der Waals surface area (Å²) < 4.78 is 0. The molecule has 0 aliphatic carbocycles. The molecule has 0 radical (unpaired) electrons. The lowest BCUT2D eigenvalue weighted by Crippen LogP contribution is -2.23. The van der Waals surface area contributed by atoms with Gasteiger partial charge in [-0.1, -0.05) is 30.3 Å². The lowest BCUT2D eigenvalue weighted by Gasteiger charge is -2.11. The van der Waals surface area contributed by atoms with Gasteiger partial charge in [0, 0.05) is 23.5 Å². The topological polar surface area (TPSA) is 68.0 Å². The van der Waals surface area contributed by atoms with Crippen LogP contribution in [0, 0.1) is 0 Å². The molecule has 1 amide bonds. The minimum Gasteiger partial charge on any atom is -0.351 e. The minimum absolute atomic E-state index is 0.0276. The van der Waals surface area contributed by atoms with E-state index in [2.05, 4.69) is 10.3 Å². The number of aromatic nitrogens is 1. The van der Waals surface area contributed by atoms with Crippen LogP contribution >= 0.6 is 11.3 Å². The summed E-state index contributed by atoms with van der Waals surface area (Å²) in [7, 11) is 0. The van der Waals surface area contributed by atoms with Gasteiger partial charge in [0.05, 0.1) is 12.1 Å². The quantitative estimate of drug-likeness (QED) is 0.849. The predicted molar refractivity (Wildman–Crippen MR) is 76.6 cm³/mol. The van der Waals surface area contributed by atoms with Gasteiger partial charge in [-0.05, 0) is 12.0 Å². The number of thiazole rings is 1. The van der Waals surface area contributed by atoms with Gasteiger partial charge in [0.15, 0.2) is 0 Å². The summed E-state index contributed by atoms with van der Waals surface area (Å²) in [4.78, 5) is 16.7. The number of nitrogens with zero attached hydrogens (tertiary/aromatic N) is 1. The number of benzene rings is 1. The van der Waals surface area contributed by atoms with Crippen LogP contribution in [-0.2, 0) is 11.3 Å². The number of rotatable bonds is 6. The molecule has 1 aromatic carbocycles. The van der Waals surface area contributed by atoms with Gasteiger partial charge in [-0.3, -0.25) is 9.78 Å². The van der Waals surface area contributed by atoms with Gasteiger partial charge in [-0.15, -0.1) is 11.3 Å². The summed E-state index contributed by atoms with van der Waals surface area (Å²) in [6.07, 6.45) is 2.86. The first-order chi connectivity index (χ1) is 9.25. The molecule has 3 N–H and O–H groups in total. The molecule has 0 aliphatic heterocycles. The van der Waals surface area contributed by atoms with Crippen molar-refractivity contribution in [3.05, 3.63) is 52.5 Å². The SMILES string of the molecule is NC(CCC(=O)NCc1cncs1)c1ccccc1. The maximum absolute atomic E-state index is 11.7. The third-order valence-corrected chi connectivity index (χ3v) is 3.63. The smallest absolute Gasteiger partial charge is 0.220 e. The zero-order valence-corrected chi connectivity index (χ0v) is 11.4. The van der Waals surface area contributed by atoms with Crippen LogP contribution < -0.4 is 11.1 Å². The summed E-state index contributed by atoms with van der Waals surface area (Å²) in [5, 5.41) is 2.87. The lowest BCUT2D eigenvalue weighted by atomic mass is 10.0. The van der Waals surface area contributed by atoms with Crippen LogP contribution in [0.15, 0.2) is 42.0 Å². The van der Waals surface area contributed by atoms with E-state index in [1.54, 1.807) is 11.7 Å². The van der Waals surface area contributed by atoms with E-state index >= 15 is 0 Å². The summed E-state index contributed by atoms with van der Waals surface area (Å²) in [5.41, 5.74) is 8.87. The highest BCUT2D eigenvalue weighted by Crippen LogP contribution is 2.15. The molecule has 1 aromatic heterocycles. The zero-order chi connectivity index (χ0) is 13.5. The second-order valence-electron chi connectivity index (χ2n) is 4.30. The van der Waals surface area contributed by atoms with Gasteiger partial charge < -0.3 is 11.1 Å². The van der Waals surface area contributed by atoms with Crippen molar-refractivity contribution in [2.24, 2.45) is 5.73 Å². The average molecular weight is 275 g/mol. The van der Waals surface area contributed by atoms with E-state index in [0.717, 1.165) is 10.4 Å². The number of carbonyl (C=O) groups is 1. The molecule has 1 heterocycles. The van der Waals surface area contributed by atoms with E-state index in [1.807, 2.05) is 30.3 Å². The standard InChI is InChI=1S/C14H17N3OS/c15-13(11-4-2-1-3-5-11)6-7-14(18)17-9-12-8-16-10-19-12/h1-5,8,10,13H,6-7,9,15H2,(H,17,18). The molecule has 1 unspecified atom stereocenters. The van der Waals surface area contributed by atoms with Gasteiger partial charge in [0.2, 0.25) is 5.91 Å². The Bertz CT molecular complexity index is 499. The maximum Gasteiger partial charge on any atom is 0.220 e. The molecule has 2 rings (SSSR count). The number of hydrogen-bond donors (Lipinski definition) is 2. The van der Waals surface area contributed by atoms with E-state index in [9.17, 15) is 4.79 Å². The molecule has 0 saturated heterocycles. The molecule has 100 valence electrons. The molecule has 0 aliphatic rings. The molecule has 4 nitrogen and oxygen atoms in total. The Labute approximate surface area is 116 Å². The number of hydrogen-bond acceptors (Lipinski definition) is 4. The highest BCUT2D eigenvalue weighted by Gasteiger charge is 2.08. The Morgan fingerprint density at radius 3 is 2.84 bits per heavy atom. The second-order valence-corrected chi connectivity index (χ2v) is 5.27. The molecule has 1 atom stereocenters. The summed E-state index contributed by atoms with van der Waals surface area (Å²) in [6.45, 7) is 0.546. The third kappa shape index (κ3) is 4.46. The van der Waals surface area contributed by atoms with Crippen molar-refractivity contribution >= 4 is 17.2 Å². The maximum atomic E-state index is 11.7. The van der Waals surface area contributed by atoms with Crippen LogP contribution in [0.4, 0.5) is 0 Å². The first-order valence-corrected chi connectivity index (χ1v) is 7.08. The molecular weight excluding hydrogens is 258 g/mol. The van der Waals surface area contributed by atoms with E-state index in [-0.39, 0.29) is 11.9 Å². The van der Waals surface area contributed by atoms with Crippen LogP contribution in [0.1, 0.15) is 29.3 Å². The van der Waals surface area contributed by atoms with Gasteiger partial charge in [0.25, 0.3) is 0 Å². The van der Waals surface area contributed by atoms with E-state index in [1.165, 1.54) is 11.3 Å². The number of amides is 1. The van der Waals surface area contributed by atoms with Crippen LogP contribution in [0.5, 0.6) is 0 Å². The molecule has 0 bridgehead atoms. The largest absolute Gasteiger partial charge is 0.351 e. The van der Waals surface area contributed by atoms with Crippen molar-refractivity contribution < 1.29 is 4.79 Å². The lowest BCUT2D eigenvalue weighted by molar-refractivity contribution is -0.121. The first kappa shape index (κ1) is 13.7.